The first kappa shape index (κ1) is 22.1. The van der Waals surface area contributed by atoms with Crippen molar-refractivity contribution in [1.29, 1.82) is 0 Å². The average molecular weight is 433 g/mol. The molecule has 0 saturated carbocycles. The van der Waals surface area contributed by atoms with E-state index in [0.717, 1.165) is 61.0 Å². The summed E-state index contributed by atoms with van der Waals surface area (Å²) in [4.78, 5) is 24.4. The molecule has 0 radical (unpaired) electrons. The number of imidazole rings is 1. The van der Waals surface area contributed by atoms with E-state index in [0.29, 0.717) is 12.3 Å². The summed E-state index contributed by atoms with van der Waals surface area (Å²) in [7, 11) is 1.66. The second-order valence-electron chi connectivity index (χ2n) is 8.76. The van der Waals surface area contributed by atoms with Gasteiger partial charge < -0.3 is 9.64 Å². The third kappa shape index (κ3) is 5.01. The van der Waals surface area contributed by atoms with Crippen LogP contribution in [0, 0.1) is 0 Å². The lowest BCUT2D eigenvalue weighted by Gasteiger charge is -2.33. The van der Waals surface area contributed by atoms with Gasteiger partial charge in [-0.15, -0.1) is 0 Å². The number of amides is 1. The molecule has 0 N–H and O–H groups in total. The summed E-state index contributed by atoms with van der Waals surface area (Å²) in [6.45, 7) is 5.84. The van der Waals surface area contributed by atoms with E-state index < -0.39 is 0 Å². The normalized spacial score (nSPS) is 16.4. The number of aromatic nitrogens is 3. The van der Waals surface area contributed by atoms with E-state index in [1.54, 1.807) is 7.11 Å². The molecule has 1 atom stereocenters. The second-order valence-corrected chi connectivity index (χ2v) is 8.76. The fourth-order valence-corrected chi connectivity index (χ4v) is 4.38. The first-order chi connectivity index (χ1) is 15.5. The number of pyridine rings is 1. The standard InChI is InChI=1S/C26H32N4O2/c1-19(2)26-27-15-17-30(26)24-8-4-7-23(28-24)21-6-5-16-29(18-21)25(31)14-11-20-9-12-22(32-3)13-10-20/h4,7-10,12-13,15,17,19,21H,5-6,11,14,16,18H2,1-3H3/t21-/m0/s1. The molecule has 4 rings (SSSR count). The summed E-state index contributed by atoms with van der Waals surface area (Å²) < 4.78 is 7.27. The molecule has 0 unspecified atom stereocenters. The van der Waals surface area contributed by atoms with E-state index in [-0.39, 0.29) is 11.8 Å². The van der Waals surface area contributed by atoms with Crippen LogP contribution >= 0.6 is 0 Å². The Labute approximate surface area is 190 Å². The smallest absolute Gasteiger partial charge is 0.222 e. The van der Waals surface area contributed by atoms with Crippen LogP contribution in [0.15, 0.2) is 54.9 Å². The molecule has 3 heterocycles. The van der Waals surface area contributed by atoms with Gasteiger partial charge in [0.15, 0.2) is 0 Å². The van der Waals surface area contributed by atoms with Gasteiger partial charge in [-0.05, 0) is 49.1 Å². The number of aryl methyl sites for hydroxylation is 1. The Morgan fingerprint density at radius 3 is 2.75 bits per heavy atom. The first-order valence-corrected chi connectivity index (χ1v) is 11.5. The Morgan fingerprint density at radius 2 is 2.00 bits per heavy atom. The number of nitrogens with zero attached hydrogens (tertiary/aromatic N) is 4. The van der Waals surface area contributed by atoms with Crippen molar-refractivity contribution in [2.24, 2.45) is 0 Å². The average Bonchev–Trinajstić information content (AvgIpc) is 3.34. The number of hydrogen-bond donors (Lipinski definition) is 0. The predicted molar refractivity (Wildman–Crippen MR) is 125 cm³/mol. The molecule has 0 bridgehead atoms. The van der Waals surface area contributed by atoms with E-state index in [1.165, 1.54) is 0 Å². The van der Waals surface area contributed by atoms with Gasteiger partial charge in [-0.1, -0.05) is 32.0 Å². The van der Waals surface area contributed by atoms with Crippen LogP contribution in [0.25, 0.3) is 5.82 Å². The number of likely N-dealkylation sites (tertiary alicyclic amines) is 1. The van der Waals surface area contributed by atoms with Crippen molar-refractivity contribution in [2.45, 2.75) is 51.4 Å². The zero-order chi connectivity index (χ0) is 22.5. The van der Waals surface area contributed by atoms with Crippen molar-refractivity contribution < 1.29 is 9.53 Å². The van der Waals surface area contributed by atoms with Gasteiger partial charge in [0.25, 0.3) is 0 Å². The molecular formula is C26H32N4O2. The summed E-state index contributed by atoms with van der Waals surface area (Å²) in [5.41, 5.74) is 2.21. The van der Waals surface area contributed by atoms with Gasteiger partial charge in [0.2, 0.25) is 5.91 Å². The zero-order valence-electron chi connectivity index (χ0n) is 19.2. The summed E-state index contributed by atoms with van der Waals surface area (Å²) in [6, 6.07) is 14.1. The van der Waals surface area contributed by atoms with Gasteiger partial charge in [-0.3, -0.25) is 9.36 Å². The van der Waals surface area contributed by atoms with Crippen molar-refractivity contribution in [3.05, 3.63) is 71.9 Å². The molecule has 0 spiro atoms. The minimum absolute atomic E-state index is 0.221. The molecule has 2 aromatic heterocycles. The van der Waals surface area contributed by atoms with Crippen LogP contribution in [0.4, 0.5) is 0 Å². The number of ether oxygens (including phenoxy) is 1. The van der Waals surface area contributed by atoms with Crippen LogP contribution < -0.4 is 4.74 Å². The lowest BCUT2D eigenvalue weighted by molar-refractivity contribution is -0.132. The van der Waals surface area contributed by atoms with E-state index in [9.17, 15) is 4.79 Å². The molecule has 1 aliphatic heterocycles. The second kappa shape index (κ2) is 9.98. The number of carbonyl (C=O) groups is 1. The van der Waals surface area contributed by atoms with Crippen LogP contribution in [0.5, 0.6) is 5.75 Å². The lowest BCUT2D eigenvalue weighted by atomic mass is 9.94. The van der Waals surface area contributed by atoms with Gasteiger partial charge in [-0.25, -0.2) is 9.97 Å². The number of hydrogen-bond acceptors (Lipinski definition) is 4. The van der Waals surface area contributed by atoms with Crippen molar-refractivity contribution in [1.82, 2.24) is 19.4 Å². The van der Waals surface area contributed by atoms with Crippen LogP contribution in [0.1, 0.15) is 62.0 Å². The van der Waals surface area contributed by atoms with Gasteiger partial charge in [0.1, 0.15) is 17.4 Å². The van der Waals surface area contributed by atoms with Crippen molar-refractivity contribution in [3.8, 4) is 11.6 Å². The maximum atomic E-state index is 12.9. The largest absolute Gasteiger partial charge is 0.497 e. The van der Waals surface area contributed by atoms with Crippen molar-refractivity contribution >= 4 is 5.91 Å². The molecule has 1 aromatic carbocycles. The fourth-order valence-electron chi connectivity index (χ4n) is 4.38. The Hall–Kier alpha value is -3.15. The fraction of sp³-hybridized carbons (Fsp3) is 0.423. The van der Waals surface area contributed by atoms with Gasteiger partial charge in [0.05, 0.1) is 7.11 Å². The van der Waals surface area contributed by atoms with Crippen LogP contribution in [0.2, 0.25) is 0 Å². The van der Waals surface area contributed by atoms with E-state index in [2.05, 4.69) is 35.5 Å². The molecule has 6 heteroatoms. The van der Waals surface area contributed by atoms with E-state index in [4.69, 9.17) is 9.72 Å². The van der Waals surface area contributed by atoms with E-state index in [1.807, 2.05) is 47.6 Å². The van der Waals surface area contributed by atoms with Crippen molar-refractivity contribution in [2.75, 3.05) is 20.2 Å². The number of benzene rings is 1. The molecule has 0 aliphatic carbocycles. The summed E-state index contributed by atoms with van der Waals surface area (Å²) in [6.07, 6.45) is 7.13. The third-order valence-electron chi connectivity index (χ3n) is 6.17. The summed E-state index contributed by atoms with van der Waals surface area (Å²) in [5.74, 6) is 3.55. The minimum atomic E-state index is 0.221. The maximum Gasteiger partial charge on any atom is 0.222 e. The molecule has 6 nitrogen and oxygen atoms in total. The highest BCUT2D eigenvalue weighted by Gasteiger charge is 2.26. The number of piperidine rings is 1. The Kier molecular flexibility index (Phi) is 6.88. The van der Waals surface area contributed by atoms with Gasteiger partial charge in [-0.2, -0.15) is 0 Å². The third-order valence-corrected chi connectivity index (χ3v) is 6.17. The molecule has 1 fully saturated rings. The van der Waals surface area contributed by atoms with Crippen molar-refractivity contribution in [3.63, 3.8) is 0 Å². The lowest BCUT2D eigenvalue weighted by Crippen LogP contribution is -2.39. The maximum absolute atomic E-state index is 12.9. The summed E-state index contributed by atoms with van der Waals surface area (Å²) in [5, 5.41) is 0. The highest BCUT2D eigenvalue weighted by molar-refractivity contribution is 5.76. The Balaban J connectivity index is 1.41. The molecule has 1 amide bonds. The molecule has 168 valence electrons. The Bertz CT molecular complexity index is 1040. The van der Waals surface area contributed by atoms with Gasteiger partial charge >= 0.3 is 0 Å². The number of methoxy groups -OCH3 is 1. The first-order valence-electron chi connectivity index (χ1n) is 11.5. The minimum Gasteiger partial charge on any atom is -0.497 e. The molecule has 1 saturated heterocycles. The SMILES string of the molecule is COc1ccc(CCC(=O)N2CCC[C@H](c3cccc(-n4ccnc4C(C)C)n3)C2)cc1. The van der Waals surface area contributed by atoms with Crippen LogP contribution in [-0.2, 0) is 11.2 Å². The van der Waals surface area contributed by atoms with Crippen LogP contribution in [-0.4, -0.2) is 45.5 Å². The number of carbonyl (C=O) groups excluding carboxylic acids is 1. The quantitative estimate of drug-likeness (QED) is 0.541. The molecule has 32 heavy (non-hydrogen) atoms. The number of rotatable bonds is 7. The van der Waals surface area contributed by atoms with Crippen LogP contribution in [0.3, 0.4) is 0 Å². The highest BCUT2D eigenvalue weighted by atomic mass is 16.5. The van der Waals surface area contributed by atoms with E-state index >= 15 is 0 Å². The predicted octanol–water partition coefficient (Wildman–Crippen LogP) is 4.74. The molecule has 3 aromatic rings. The summed E-state index contributed by atoms with van der Waals surface area (Å²) >= 11 is 0. The topological polar surface area (TPSA) is 60.2 Å². The highest BCUT2D eigenvalue weighted by Crippen LogP contribution is 2.27. The Morgan fingerprint density at radius 1 is 1.19 bits per heavy atom. The molecular weight excluding hydrogens is 400 g/mol. The van der Waals surface area contributed by atoms with Gasteiger partial charge in [0, 0.05) is 49.4 Å². The zero-order valence-corrected chi connectivity index (χ0v) is 19.2. The monoisotopic (exact) mass is 432 g/mol. The molecule has 1 aliphatic rings.